The molecule has 0 atom stereocenters. The second-order valence-corrected chi connectivity index (χ2v) is 8.91. The van der Waals surface area contributed by atoms with E-state index in [2.05, 4.69) is 70.7 Å². The van der Waals surface area contributed by atoms with Crippen LogP contribution in [-0.4, -0.2) is 12.7 Å². The number of nitrogens with one attached hydrogen (secondary N) is 1. The minimum atomic E-state index is -0.377. The molecular formula is C24H19NO2S2. The van der Waals surface area contributed by atoms with Crippen molar-refractivity contribution in [3.05, 3.63) is 93.5 Å². The average molecular weight is 418 g/mol. The van der Waals surface area contributed by atoms with Crippen LogP contribution in [-0.2, 0) is 11.3 Å². The van der Waals surface area contributed by atoms with Gasteiger partial charge in [0.1, 0.15) is 6.61 Å². The highest BCUT2D eigenvalue weighted by atomic mass is 32.1. The number of carbonyl (C=O) groups is 1. The molecule has 0 radical (unpaired) electrons. The molecule has 0 saturated heterocycles. The number of benzene rings is 2. The molecule has 4 aromatic rings. The molecule has 5 rings (SSSR count). The third kappa shape index (κ3) is 3.59. The smallest absolute Gasteiger partial charge is 0.407 e. The highest BCUT2D eigenvalue weighted by Gasteiger charge is 2.28. The zero-order valence-corrected chi connectivity index (χ0v) is 17.3. The third-order valence-electron chi connectivity index (χ3n) is 5.22. The molecule has 2 aromatic heterocycles. The number of thiophene rings is 2. The summed E-state index contributed by atoms with van der Waals surface area (Å²) in [4.78, 5) is 14.6. The van der Waals surface area contributed by atoms with Crippen LogP contribution in [0.15, 0.2) is 77.5 Å². The fourth-order valence-electron chi connectivity index (χ4n) is 3.84. The summed E-state index contributed by atoms with van der Waals surface area (Å²) in [6.45, 7) is 0.815. The minimum absolute atomic E-state index is 0.0834. The molecule has 0 aliphatic heterocycles. The number of rotatable bonds is 5. The number of hydrogen-bond donors (Lipinski definition) is 1. The summed E-state index contributed by atoms with van der Waals surface area (Å²) >= 11 is 3.38. The van der Waals surface area contributed by atoms with E-state index < -0.39 is 0 Å². The Labute approximate surface area is 177 Å². The zero-order valence-electron chi connectivity index (χ0n) is 15.6. The van der Waals surface area contributed by atoms with Crippen LogP contribution in [0.5, 0.6) is 0 Å². The monoisotopic (exact) mass is 417 g/mol. The van der Waals surface area contributed by atoms with Crippen LogP contribution in [0, 0.1) is 0 Å². The Morgan fingerprint density at radius 1 is 0.931 bits per heavy atom. The first-order valence-electron chi connectivity index (χ1n) is 9.50. The van der Waals surface area contributed by atoms with E-state index in [-0.39, 0.29) is 12.0 Å². The summed E-state index contributed by atoms with van der Waals surface area (Å²) in [6.07, 6.45) is -0.377. The molecule has 1 N–H and O–H groups in total. The van der Waals surface area contributed by atoms with Crippen LogP contribution in [0.2, 0.25) is 0 Å². The van der Waals surface area contributed by atoms with Gasteiger partial charge in [0, 0.05) is 21.2 Å². The fourth-order valence-corrected chi connectivity index (χ4v) is 5.52. The first-order valence-corrected chi connectivity index (χ1v) is 11.3. The first kappa shape index (κ1) is 18.2. The second-order valence-electron chi connectivity index (χ2n) is 6.96. The molecule has 5 heteroatoms. The topological polar surface area (TPSA) is 38.3 Å². The molecule has 2 heterocycles. The predicted molar refractivity (Wildman–Crippen MR) is 120 cm³/mol. The lowest BCUT2D eigenvalue weighted by molar-refractivity contribution is 0.142. The van der Waals surface area contributed by atoms with Gasteiger partial charge in [0.05, 0.1) is 6.54 Å². The van der Waals surface area contributed by atoms with Gasteiger partial charge in [-0.3, -0.25) is 0 Å². The molecule has 0 saturated carbocycles. The lowest BCUT2D eigenvalue weighted by Crippen LogP contribution is -2.25. The van der Waals surface area contributed by atoms with Gasteiger partial charge in [-0.1, -0.05) is 48.5 Å². The van der Waals surface area contributed by atoms with Crippen molar-refractivity contribution in [3.63, 3.8) is 0 Å². The summed E-state index contributed by atoms with van der Waals surface area (Å²) in [6, 6.07) is 23.0. The molecule has 0 unspecified atom stereocenters. The van der Waals surface area contributed by atoms with Crippen molar-refractivity contribution in [2.45, 2.75) is 12.5 Å². The highest BCUT2D eigenvalue weighted by molar-refractivity contribution is 7.16. The van der Waals surface area contributed by atoms with E-state index in [1.165, 1.54) is 32.7 Å². The summed E-state index contributed by atoms with van der Waals surface area (Å²) < 4.78 is 5.60. The van der Waals surface area contributed by atoms with E-state index in [4.69, 9.17) is 4.74 Å². The number of fused-ring (bicyclic) bond motifs is 3. The highest BCUT2D eigenvalue weighted by Crippen LogP contribution is 2.44. The van der Waals surface area contributed by atoms with Gasteiger partial charge in [0.15, 0.2) is 0 Å². The maximum absolute atomic E-state index is 12.3. The molecule has 1 aliphatic rings. The Morgan fingerprint density at radius 3 is 2.34 bits per heavy atom. The molecule has 3 nitrogen and oxygen atoms in total. The van der Waals surface area contributed by atoms with Gasteiger partial charge in [0.25, 0.3) is 0 Å². The summed E-state index contributed by atoms with van der Waals surface area (Å²) in [5.41, 5.74) is 6.14. The van der Waals surface area contributed by atoms with Crippen molar-refractivity contribution in [2.24, 2.45) is 0 Å². The molecule has 1 amide bonds. The SMILES string of the molecule is O=C(NCc1ccc(-c2ccsc2)s1)OCC1c2ccccc2-c2ccccc21. The van der Waals surface area contributed by atoms with Crippen LogP contribution in [0.3, 0.4) is 0 Å². The summed E-state index contributed by atoms with van der Waals surface area (Å²) in [5.74, 6) is 0.0834. The van der Waals surface area contributed by atoms with Crippen molar-refractivity contribution < 1.29 is 9.53 Å². The Balaban J connectivity index is 1.21. The van der Waals surface area contributed by atoms with Crippen molar-refractivity contribution in [1.82, 2.24) is 5.32 Å². The van der Waals surface area contributed by atoms with Crippen molar-refractivity contribution in [1.29, 1.82) is 0 Å². The average Bonchev–Trinajstić information content (AvgIpc) is 3.50. The van der Waals surface area contributed by atoms with Crippen molar-refractivity contribution >= 4 is 28.8 Å². The summed E-state index contributed by atoms with van der Waals surface area (Å²) in [5, 5.41) is 7.09. The van der Waals surface area contributed by atoms with E-state index in [9.17, 15) is 4.79 Å². The van der Waals surface area contributed by atoms with Crippen molar-refractivity contribution in [3.8, 4) is 21.6 Å². The lowest BCUT2D eigenvalue weighted by atomic mass is 9.98. The molecular weight excluding hydrogens is 398 g/mol. The standard InChI is InChI=1S/C24H19NO2S2/c26-24(25-13-17-9-10-23(29-17)16-11-12-28-15-16)27-14-22-20-7-3-1-5-18(20)19-6-2-4-8-21(19)22/h1-12,15,22H,13-14H2,(H,25,26). The fraction of sp³-hybridized carbons (Fsp3) is 0.125. The number of carbonyl (C=O) groups excluding carboxylic acids is 1. The molecule has 1 aliphatic carbocycles. The number of amides is 1. The van der Waals surface area contributed by atoms with Crippen LogP contribution in [0.4, 0.5) is 4.79 Å². The van der Waals surface area contributed by atoms with E-state index in [1.807, 2.05) is 12.1 Å². The van der Waals surface area contributed by atoms with Gasteiger partial charge in [-0.15, -0.1) is 11.3 Å². The summed E-state index contributed by atoms with van der Waals surface area (Å²) in [7, 11) is 0. The van der Waals surface area contributed by atoms with E-state index in [0.29, 0.717) is 13.2 Å². The number of alkyl carbamates (subject to hydrolysis) is 1. The Kier molecular flexibility index (Phi) is 4.92. The van der Waals surface area contributed by atoms with Crippen molar-refractivity contribution in [2.75, 3.05) is 6.61 Å². The normalized spacial score (nSPS) is 12.4. The van der Waals surface area contributed by atoms with Crippen LogP contribution in [0.1, 0.15) is 21.9 Å². The van der Waals surface area contributed by atoms with Gasteiger partial charge in [-0.05, 0) is 51.2 Å². The molecule has 0 spiro atoms. The second kappa shape index (κ2) is 7.85. The Morgan fingerprint density at radius 2 is 1.66 bits per heavy atom. The van der Waals surface area contributed by atoms with Gasteiger partial charge in [-0.25, -0.2) is 4.79 Å². The largest absolute Gasteiger partial charge is 0.449 e. The van der Waals surface area contributed by atoms with E-state index in [1.54, 1.807) is 22.7 Å². The van der Waals surface area contributed by atoms with E-state index >= 15 is 0 Å². The first-order chi connectivity index (χ1) is 14.3. The Hall–Kier alpha value is -2.89. The molecule has 144 valence electrons. The third-order valence-corrected chi connectivity index (χ3v) is 7.04. The van der Waals surface area contributed by atoms with Crippen LogP contribution in [0.25, 0.3) is 21.6 Å². The minimum Gasteiger partial charge on any atom is -0.449 e. The van der Waals surface area contributed by atoms with Gasteiger partial charge in [0.2, 0.25) is 0 Å². The zero-order chi connectivity index (χ0) is 19.6. The van der Waals surface area contributed by atoms with Crippen LogP contribution >= 0.6 is 22.7 Å². The number of ether oxygens (including phenoxy) is 1. The number of hydrogen-bond acceptors (Lipinski definition) is 4. The van der Waals surface area contributed by atoms with Crippen LogP contribution < -0.4 is 5.32 Å². The maximum atomic E-state index is 12.3. The lowest BCUT2D eigenvalue weighted by Gasteiger charge is -2.14. The van der Waals surface area contributed by atoms with Gasteiger partial charge < -0.3 is 10.1 Å². The molecule has 0 bridgehead atoms. The molecule has 2 aromatic carbocycles. The Bertz CT molecular complexity index is 1100. The van der Waals surface area contributed by atoms with E-state index in [0.717, 1.165) is 4.88 Å². The van der Waals surface area contributed by atoms with Gasteiger partial charge >= 0.3 is 6.09 Å². The molecule has 29 heavy (non-hydrogen) atoms. The maximum Gasteiger partial charge on any atom is 0.407 e. The van der Waals surface area contributed by atoms with Gasteiger partial charge in [-0.2, -0.15) is 11.3 Å². The molecule has 0 fully saturated rings. The predicted octanol–water partition coefficient (Wildman–Crippen LogP) is 6.52. The quantitative estimate of drug-likeness (QED) is 0.402.